The average Bonchev–Trinajstić information content (AvgIpc) is 2.50. The summed E-state index contributed by atoms with van der Waals surface area (Å²) in [6.07, 6.45) is 1.08. The molecule has 5 nitrogen and oxygen atoms in total. The van der Waals surface area contributed by atoms with Crippen LogP contribution in [0.4, 0.5) is 5.69 Å². The van der Waals surface area contributed by atoms with Gasteiger partial charge in [0.15, 0.2) is 0 Å². The summed E-state index contributed by atoms with van der Waals surface area (Å²) in [7, 11) is -2.13. The first-order chi connectivity index (χ1) is 10.8. The molecule has 7 heteroatoms. The van der Waals surface area contributed by atoms with Crippen molar-refractivity contribution in [2.75, 3.05) is 18.6 Å². The van der Waals surface area contributed by atoms with Crippen LogP contribution in [0.25, 0.3) is 0 Å². The van der Waals surface area contributed by atoms with Crippen LogP contribution in [-0.2, 0) is 14.8 Å². The highest BCUT2D eigenvalue weighted by atomic mass is 79.9. The predicted molar refractivity (Wildman–Crippen MR) is 94.6 cm³/mol. The third-order valence-corrected chi connectivity index (χ3v) is 5.15. The number of hydrogen-bond acceptors (Lipinski definition) is 3. The molecule has 1 N–H and O–H groups in total. The molecule has 122 valence electrons. The van der Waals surface area contributed by atoms with E-state index in [4.69, 9.17) is 0 Å². The first kappa shape index (κ1) is 17.7. The van der Waals surface area contributed by atoms with Crippen LogP contribution < -0.4 is 5.32 Å². The number of hydrogen-bond donors (Lipinski definition) is 1. The summed E-state index contributed by atoms with van der Waals surface area (Å²) in [4.78, 5) is 12.7. The van der Waals surface area contributed by atoms with Gasteiger partial charge in [-0.2, -0.15) is 4.31 Å². The maximum Gasteiger partial charge on any atom is 0.247 e. The van der Waals surface area contributed by atoms with Gasteiger partial charge in [-0.1, -0.05) is 46.3 Å². The second-order valence-electron chi connectivity index (χ2n) is 5.09. The molecular weight excluding hydrogens is 380 g/mol. The topological polar surface area (TPSA) is 66.5 Å². The van der Waals surface area contributed by atoms with Crippen LogP contribution in [0.2, 0.25) is 0 Å². The predicted octanol–water partition coefficient (Wildman–Crippen LogP) is 3.02. The fourth-order valence-electron chi connectivity index (χ4n) is 2.10. The highest BCUT2D eigenvalue weighted by molar-refractivity contribution is 9.10. The SMILES string of the molecule is CN([C@H](C(=O)Nc1ccc(Br)cc1)c1ccccc1)S(C)(=O)=O. The Morgan fingerprint density at radius 2 is 1.65 bits per heavy atom. The Morgan fingerprint density at radius 3 is 2.17 bits per heavy atom. The van der Waals surface area contributed by atoms with Crippen molar-refractivity contribution in [1.82, 2.24) is 4.31 Å². The molecule has 23 heavy (non-hydrogen) atoms. The monoisotopic (exact) mass is 396 g/mol. The Morgan fingerprint density at radius 1 is 1.09 bits per heavy atom. The molecule has 0 fully saturated rings. The zero-order valence-electron chi connectivity index (χ0n) is 12.7. The van der Waals surface area contributed by atoms with Gasteiger partial charge in [0.2, 0.25) is 15.9 Å². The van der Waals surface area contributed by atoms with E-state index in [0.717, 1.165) is 15.0 Å². The molecule has 0 saturated heterocycles. The number of rotatable bonds is 5. The number of carbonyl (C=O) groups is 1. The maximum atomic E-state index is 12.7. The van der Waals surface area contributed by atoms with Gasteiger partial charge in [0.25, 0.3) is 0 Å². The normalized spacial score (nSPS) is 12.9. The number of amides is 1. The molecule has 2 aromatic carbocycles. The van der Waals surface area contributed by atoms with Gasteiger partial charge in [0.05, 0.1) is 6.26 Å². The van der Waals surface area contributed by atoms with Gasteiger partial charge in [-0.05, 0) is 29.8 Å². The van der Waals surface area contributed by atoms with E-state index < -0.39 is 22.0 Å². The van der Waals surface area contributed by atoms with E-state index in [0.29, 0.717) is 11.3 Å². The fourth-order valence-corrected chi connectivity index (χ4v) is 2.96. The molecule has 0 aromatic heterocycles. The van der Waals surface area contributed by atoms with Crippen molar-refractivity contribution in [2.24, 2.45) is 0 Å². The molecule has 1 atom stereocenters. The van der Waals surface area contributed by atoms with Crippen molar-refractivity contribution in [3.8, 4) is 0 Å². The number of sulfonamides is 1. The Balaban J connectivity index is 2.33. The first-order valence-electron chi connectivity index (χ1n) is 6.83. The molecule has 0 heterocycles. The van der Waals surface area contributed by atoms with E-state index in [9.17, 15) is 13.2 Å². The molecule has 2 aromatic rings. The summed E-state index contributed by atoms with van der Waals surface area (Å²) in [6.45, 7) is 0. The van der Waals surface area contributed by atoms with Crippen LogP contribution >= 0.6 is 15.9 Å². The molecule has 0 unspecified atom stereocenters. The lowest BCUT2D eigenvalue weighted by molar-refractivity contribution is -0.119. The van der Waals surface area contributed by atoms with Gasteiger partial charge in [0, 0.05) is 17.2 Å². The quantitative estimate of drug-likeness (QED) is 0.844. The lowest BCUT2D eigenvalue weighted by Gasteiger charge is -2.25. The number of anilines is 1. The molecule has 0 bridgehead atoms. The molecule has 0 radical (unpaired) electrons. The van der Waals surface area contributed by atoms with E-state index >= 15 is 0 Å². The molecule has 0 spiro atoms. The van der Waals surface area contributed by atoms with Crippen LogP contribution in [0.5, 0.6) is 0 Å². The van der Waals surface area contributed by atoms with Crippen molar-refractivity contribution in [3.05, 3.63) is 64.6 Å². The van der Waals surface area contributed by atoms with Crippen molar-refractivity contribution in [3.63, 3.8) is 0 Å². The molecular formula is C16H17BrN2O3S. The van der Waals surface area contributed by atoms with Gasteiger partial charge < -0.3 is 5.32 Å². The molecule has 0 aliphatic rings. The molecule has 0 saturated carbocycles. The van der Waals surface area contributed by atoms with Gasteiger partial charge >= 0.3 is 0 Å². The molecule has 0 aliphatic heterocycles. The minimum absolute atomic E-state index is 0.411. The van der Waals surface area contributed by atoms with E-state index in [-0.39, 0.29) is 0 Å². The van der Waals surface area contributed by atoms with E-state index in [1.54, 1.807) is 48.5 Å². The molecule has 0 aliphatic carbocycles. The highest BCUT2D eigenvalue weighted by Gasteiger charge is 2.30. The van der Waals surface area contributed by atoms with E-state index in [1.165, 1.54) is 7.05 Å². The second-order valence-corrected chi connectivity index (χ2v) is 8.05. The molecule has 2 rings (SSSR count). The van der Waals surface area contributed by atoms with Crippen molar-refractivity contribution >= 4 is 37.5 Å². The number of halogens is 1. The number of nitrogens with one attached hydrogen (secondary N) is 1. The van der Waals surface area contributed by atoms with Gasteiger partial charge in [-0.25, -0.2) is 8.42 Å². The lowest BCUT2D eigenvalue weighted by atomic mass is 10.1. The van der Waals surface area contributed by atoms with E-state index in [1.807, 2.05) is 6.07 Å². The van der Waals surface area contributed by atoms with Crippen molar-refractivity contribution in [1.29, 1.82) is 0 Å². The van der Waals surface area contributed by atoms with Crippen molar-refractivity contribution < 1.29 is 13.2 Å². The van der Waals surface area contributed by atoms with Crippen LogP contribution in [0.3, 0.4) is 0 Å². The Bertz CT molecular complexity index is 777. The first-order valence-corrected chi connectivity index (χ1v) is 9.47. The highest BCUT2D eigenvalue weighted by Crippen LogP contribution is 2.24. The van der Waals surface area contributed by atoms with Gasteiger partial charge in [0.1, 0.15) is 6.04 Å². The summed E-state index contributed by atoms with van der Waals surface area (Å²) in [5, 5.41) is 2.75. The van der Waals surface area contributed by atoms with Crippen molar-refractivity contribution in [2.45, 2.75) is 6.04 Å². The lowest BCUT2D eigenvalue weighted by Crippen LogP contribution is -2.38. The third kappa shape index (κ3) is 4.63. The van der Waals surface area contributed by atoms with Gasteiger partial charge in [-0.3, -0.25) is 4.79 Å². The zero-order chi connectivity index (χ0) is 17.0. The second kappa shape index (κ2) is 7.25. The third-order valence-electron chi connectivity index (χ3n) is 3.36. The summed E-state index contributed by atoms with van der Waals surface area (Å²) in [6, 6.07) is 15.0. The largest absolute Gasteiger partial charge is 0.324 e. The number of benzene rings is 2. The Hall–Kier alpha value is -1.70. The zero-order valence-corrected chi connectivity index (χ0v) is 15.1. The van der Waals surface area contributed by atoms with Crippen LogP contribution in [0, 0.1) is 0 Å². The molecule has 1 amide bonds. The van der Waals surface area contributed by atoms with Gasteiger partial charge in [-0.15, -0.1) is 0 Å². The number of nitrogens with zero attached hydrogens (tertiary/aromatic N) is 1. The average molecular weight is 397 g/mol. The fraction of sp³-hybridized carbons (Fsp3) is 0.188. The van der Waals surface area contributed by atoms with Crippen LogP contribution in [0.1, 0.15) is 11.6 Å². The van der Waals surface area contributed by atoms with Crippen LogP contribution in [-0.4, -0.2) is 31.9 Å². The number of carbonyl (C=O) groups excluding carboxylic acids is 1. The smallest absolute Gasteiger partial charge is 0.247 e. The minimum atomic E-state index is -3.53. The van der Waals surface area contributed by atoms with Crippen LogP contribution in [0.15, 0.2) is 59.1 Å². The Labute approximate surface area is 144 Å². The summed E-state index contributed by atoms with van der Waals surface area (Å²) >= 11 is 3.33. The van der Waals surface area contributed by atoms with E-state index in [2.05, 4.69) is 21.2 Å². The summed E-state index contributed by atoms with van der Waals surface area (Å²) in [5.41, 5.74) is 1.20. The number of likely N-dealkylation sites (N-methyl/N-ethyl adjacent to an activating group) is 1. The maximum absolute atomic E-state index is 12.7. The minimum Gasteiger partial charge on any atom is -0.324 e. The summed E-state index contributed by atoms with van der Waals surface area (Å²) in [5.74, 6) is -0.411. The summed E-state index contributed by atoms with van der Waals surface area (Å²) < 4.78 is 25.7. The Kier molecular flexibility index (Phi) is 5.56. The standard InChI is InChI=1S/C16H17BrN2O3S/c1-19(23(2,21)22)15(12-6-4-3-5-7-12)16(20)18-14-10-8-13(17)9-11-14/h3-11,15H,1-2H3,(H,18,20)/t15-/m0/s1.